The van der Waals surface area contributed by atoms with Gasteiger partial charge in [-0.3, -0.25) is 4.99 Å². The van der Waals surface area contributed by atoms with Gasteiger partial charge in [0.15, 0.2) is 0 Å². The molecule has 0 heterocycles. The van der Waals surface area contributed by atoms with Crippen molar-refractivity contribution in [3.8, 4) is 17.6 Å². The molecule has 0 aliphatic rings. The molecule has 24 heavy (non-hydrogen) atoms. The van der Waals surface area contributed by atoms with Gasteiger partial charge in [0.05, 0.1) is 12.8 Å². The summed E-state index contributed by atoms with van der Waals surface area (Å²) in [6, 6.07) is 25.7. The second-order valence-corrected chi connectivity index (χ2v) is 5.19. The molecule has 3 rings (SSSR count). The Labute approximate surface area is 142 Å². The maximum absolute atomic E-state index is 5.14. The van der Waals surface area contributed by atoms with Crippen molar-refractivity contribution in [2.45, 2.75) is 0 Å². The lowest BCUT2D eigenvalue weighted by molar-refractivity contribution is 0.415. The fourth-order valence-electron chi connectivity index (χ4n) is 2.14. The van der Waals surface area contributed by atoms with Gasteiger partial charge in [-0.25, -0.2) is 0 Å². The summed E-state index contributed by atoms with van der Waals surface area (Å²) in [4.78, 5) is 4.46. The predicted octanol–water partition coefficient (Wildman–Crippen LogP) is 4.85. The molecule has 0 aliphatic heterocycles. The van der Waals surface area contributed by atoms with E-state index in [2.05, 4.69) is 16.8 Å². The monoisotopic (exact) mass is 311 g/mol. The van der Waals surface area contributed by atoms with E-state index in [1.807, 2.05) is 85.1 Å². The minimum absolute atomic E-state index is 0.829. The third kappa shape index (κ3) is 4.34. The number of hydrogen-bond acceptors (Lipinski definition) is 2. The van der Waals surface area contributed by atoms with Crippen LogP contribution in [0.4, 0.5) is 5.69 Å². The van der Waals surface area contributed by atoms with Gasteiger partial charge in [0, 0.05) is 17.3 Å². The van der Waals surface area contributed by atoms with E-state index in [1.165, 1.54) is 0 Å². The van der Waals surface area contributed by atoms with Crippen molar-refractivity contribution in [3.05, 3.63) is 95.6 Å². The molecule has 0 fully saturated rings. The number of nitrogens with zero attached hydrogens (tertiary/aromatic N) is 1. The first-order chi connectivity index (χ1) is 11.8. The van der Waals surface area contributed by atoms with E-state index in [1.54, 1.807) is 7.11 Å². The molecule has 0 N–H and O–H groups in total. The van der Waals surface area contributed by atoms with Crippen LogP contribution in [0.2, 0.25) is 0 Å². The summed E-state index contributed by atoms with van der Waals surface area (Å²) in [6.45, 7) is 0. The summed E-state index contributed by atoms with van der Waals surface area (Å²) in [6.07, 6.45) is 1.84. The summed E-state index contributed by atoms with van der Waals surface area (Å²) >= 11 is 0. The maximum atomic E-state index is 5.14. The molecule has 2 nitrogen and oxygen atoms in total. The lowest BCUT2D eigenvalue weighted by atomic mass is 10.1. The standard InChI is InChI=1S/C22H17NO/c1-24-22-15-13-21(14-16-22)23-17-20-11-9-19(10-12-20)8-7-18-5-3-2-4-6-18/h2-6,9-17H,1H3. The molecule has 0 spiro atoms. The molecular weight excluding hydrogens is 294 g/mol. The Morgan fingerprint density at radius 1 is 0.750 bits per heavy atom. The zero-order valence-electron chi connectivity index (χ0n) is 13.4. The van der Waals surface area contributed by atoms with E-state index in [0.29, 0.717) is 0 Å². The van der Waals surface area contributed by atoms with Crippen molar-refractivity contribution in [2.24, 2.45) is 4.99 Å². The number of hydrogen-bond donors (Lipinski definition) is 0. The molecule has 3 aromatic rings. The Morgan fingerprint density at radius 2 is 1.38 bits per heavy atom. The molecule has 2 heteroatoms. The molecule has 0 unspecified atom stereocenters. The largest absolute Gasteiger partial charge is 0.497 e. The summed E-state index contributed by atoms with van der Waals surface area (Å²) in [5.41, 5.74) is 3.93. The van der Waals surface area contributed by atoms with Crippen molar-refractivity contribution in [2.75, 3.05) is 7.11 Å². The Hall–Kier alpha value is -3.31. The van der Waals surface area contributed by atoms with Crippen LogP contribution >= 0.6 is 0 Å². The van der Waals surface area contributed by atoms with Crippen LogP contribution in [-0.4, -0.2) is 13.3 Å². The van der Waals surface area contributed by atoms with Gasteiger partial charge in [0.1, 0.15) is 5.75 Å². The second-order valence-electron chi connectivity index (χ2n) is 5.19. The zero-order chi connectivity index (χ0) is 16.6. The Bertz CT molecular complexity index is 867. The van der Waals surface area contributed by atoms with Crippen LogP contribution < -0.4 is 4.74 Å². The van der Waals surface area contributed by atoms with Crippen molar-refractivity contribution in [1.82, 2.24) is 0 Å². The van der Waals surface area contributed by atoms with Crippen LogP contribution in [-0.2, 0) is 0 Å². The van der Waals surface area contributed by atoms with Crippen molar-refractivity contribution in [1.29, 1.82) is 0 Å². The van der Waals surface area contributed by atoms with Gasteiger partial charge in [0.2, 0.25) is 0 Å². The first kappa shape index (κ1) is 15.6. The van der Waals surface area contributed by atoms with E-state index in [0.717, 1.165) is 28.1 Å². The predicted molar refractivity (Wildman–Crippen MR) is 99.1 cm³/mol. The molecule has 0 aromatic heterocycles. The van der Waals surface area contributed by atoms with Gasteiger partial charge in [-0.05, 0) is 54.1 Å². The maximum Gasteiger partial charge on any atom is 0.119 e. The molecule has 0 amide bonds. The number of ether oxygens (including phenoxy) is 1. The fraction of sp³-hybridized carbons (Fsp3) is 0.0455. The highest BCUT2D eigenvalue weighted by molar-refractivity contribution is 5.82. The number of aliphatic imine (C=N–C) groups is 1. The number of methoxy groups -OCH3 is 1. The molecule has 0 aliphatic carbocycles. The van der Waals surface area contributed by atoms with Gasteiger partial charge in [-0.2, -0.15) is 0 Å². The van der Waals surface area contributed by atoms with Crippen LogP contribution in [0.1, 0.15) is 16.7 Å². The normalized spacial score (nSPS) is 10.2. The first-order valence-corrected chi connectivity index (χ1v) is 7.69. The average molecular weight is 311 g/mol. The highest BCUT2D eigenvalue weighted by Crippen LogP contribution is 2.17. The zero-order valence-corrected chi connectivity index (χ0v) is 13.4. The molecular formula is C22H17NO. The minimum Gasteiger partial charge on any atom is -0.497 e. The van der Waals surface area contributed by atoms with Gasteiger partial charge >= 0.3 is 0 Å². The summed E-state index contributed by atoms with van der Waals surface area (Å²) < 4.78 is 5.14. The van der Waals surface area contributed by atoms with Crippen molar-refractivity contribution < 1.29 is 4.74 Å². The lowest BCUT2D eigenvalue weighted by Crippen LogP contribution is -1.82. The van der Waals surface area contributed by atoms with Crippen LogP contribution in [0.5, 0.6) is 5.75 Å². The summed E-state index contributed by atoms with van der Waals surface area (Å²) in [7, 11) is 1.65. The molecule has 0 atom stereocenters. The summed E-state index contributed by atoms with van der Waals surface area (Å²) in [5, 5.41) is 0. The van der Waals surface area contributed by atoms with Crippen LogP contribution in [0.3, 0.4) is 0 Å². The highest BCUT2D eigenvalue weighted by atomic mass is 16.5. The SMILES string of the molecule is COc1ccc(N=Cc2ccc(C#Cc3ccccc3)cc2)cc1. The molecule has 3 aromatic carbocycles. The fourth-order valence-corrected chi connectivity index (χ4v) is 2.14. The molecule has 116 valence electrons. The quantitative estimate of drug-likeness (QED) is 0.501. The lowest BCUT2D eigenvalue weighted by Gasteiger charge is -1.99. The number of rotatable bonds is 3. The first-order valence-electron chi connectivity index (χ1n) is 7.69. The molecule has 0 saturated heterocycles. The van der Waals surface area contributed by atoms with E-state index >= 15 is 0 Å². The van der Waals surface area contributed by atoms with E-state index in [4.69, 9.17) is 4.74 Å². The van der Waals surface area contributed by atoms with Crippen LogP contribution in [0.15, 0.2) is 83.9 Å². The van der Waals surface area contributed by atoms with Crippen molar-refractivity contribution in [3.63, 3.8) is 0 Å². The number of benzene rings is 3. The molecule has 0 saturated carbocycles. The molecule has 0 radical (unpaired) electrons. The van der Waals surface area contributed by atoms with Gasteiger partial charge in [-0.15, -0.1) is 0 Å². The van der Waals surface area contributed by atoms with Crippen LogP contribution in [0.25, 0.3) is 0 Å². The Morgan fingerprint density at radius 3 is 2.00 bits per heavy atom. The van der Waals surface area contributed by atoms with Gasteiger partial charge in [-0.1, -0.05) is 42.2 Å². The topological polar surface area (TPSA) is 21.6 Å². The second kappa shape index (κ2) is 7.80. The average Bonchev–Trinajstić information content (AvgIpc) is 2.67. The van der Waals surface area contributed by atoms with Crippen LogP contribution in [0, 0.1) is 11.8 Å². The van der Waals surface area contributed by atoms with Gasteiger partial charge < -0.3 is 4.74 Å². The minimum atomic E-state index is 0.829. The smallest absolute Gasteiger partial charge is 0.119 e. The van der Waals surface area contributed by atoms with E-state index in [-0.39, 0.29) is 0 Å². The summed E-state index contributed by atoms with van der Waals surface area (Å²) in [5.74, 6) is 7.15. The van der Waals surface area contributed by atoms with Crippen molar-refractivity contribution >= 4 is 11.9 Å². The Balaban J connectivity index is 1.68. The Kier molecular flexibility index (Phi) is 5.07. The van der Waals surface area contributed by atoms with E-state index in [9.17, 15) is 0 Å². The third-order valence-corrected chi connectivity index (χ3v) is 3.47. The molecule has 0 bridgehead atoms. The third-order valence-electron chi connectivity index (χ3n) is 3.47. The van der Waals surface area contributed by atoms with E-state index < -0.39 is 0 Å². The highest BCUT2D eigenvalue weighted by Gasteiger charge is 1.93. The van der Waals surface area contributed by atoms with Gasteiger partial charge in [0.25, 0.3) is 0 Å².